The van der Waals surface area contributed by atoms with E-state index in [0.29, 0.717) is 12.1 Å². The van der Waals surface area contributed by atoms with Crippen molar-refractivity contribution in [3.63, 3.8) is 0 Å². The maximum absolute atomic E-state index is 12.2. The molecule has 0 aromatic heterocycles. The van der Waals surface area contributed by atoms with Crippen molar-refractivity contribution in [3.8, 4) is 0 Å². The van der Waals surface area contributed by atoms with E-state index in [0.717, 1.165) is 38.8 Å². The average Bonchev–Trinajstić information content (AvgIpc) is 2.49. The van der Waals surface area contributed by atoms with Gasteiger partial charge in [0.25, 0.3) is 0 Å². The second-order valence-corrected chi connectivity index (χ2v) is 6.30. The summed E-state index contributed by atoms with van der Waals surface area (Å²) in [7, 11) is 0. The summed E-state index contributed by atoms with van der Waals surface area (Å²) in [5.74, 6) is 0. The van der Waals surface area contributed by atoms with Gasteiger partial charge in [0.05, 0.1) is 6.61 Å². The standard InChI is InChI=1S/C15H29N3O2/c1-12(11-19)16-14-7-9-18(10-8-14)15(20)17-13-5-3-2-4-6-13/h12-14,16,19H,2-11H2,1H3,(H,17,20). The van der Waals surface area contributed by atoms with Crippen LogP contribution in [0.3, 0.4) is 0 Å². The number of aliphatic hydroxyl groups excluding tert-OH is 1. The van der Waals surface area contributed by atoms with E-state index in [1.54, 1.807) is 0 Å². The second-order valence-electron chi connectivity index (χ2n) is 6.30. The molecule has 1 heterocycles. The molecule has 1 saturated heterocycles. The van der Waals surface area contributed by atoms with E-state index in [2.05, 4.69) is 10.6 Å². The largest absolute Gasteiger partial charge is 0.395 e. The predicted molar refractivity (Wildman–Crippen MR) is 79.7 cm³/mol. The highest BCUT2D eigenvalue weighted by Crippen LogP contribution is 2.18. The lowest BCUT2D eigenvalue weighted by molar-refractivity contribution is 0.162. The van der Waals surface area contributed by atoms with Crippen molar-refractivity contribution >= 4 is 6.03 Å². The molecule has 116 valence electrons. The van der Waals surface area contributed by atoms with E-state index < -0.39 is 0 Å². The first-order chi connectivity index (χ1) is 9.69. The van der Waals surface area contributed by atoms with E-state index in [4.69, 9.17) is 5.11 Å². The van der Waals surface area contributed by atoms with Crippen LogP contribution in [0.5, 0.6) is 0 Å². The Bertz CT molecular complexity index is 297. The molecule has 2 aliphatic rings. The molecule has 0 spiro atoms. The van der Waals surface area contributed by atoms with Gasteiger partial charge in [-0.15, -0.1) is 0 Å². The van der Waals surface area contributed by atoms with Crippen molar-refractivity contribution in [2.24, 2.45) is 0 Å². The van der Waals surface area contributed by atoms with Crippen LogP contribution in [-0.2, 0) is 0 Å². The van der Waals surface area contributed by atoms with Gasteiger partial charge in [-0.3, -0.25) is 0 Å². The van der Waals surface area contributed by atoms with Gasteiger partial charge < -0.3 is 20.6 Å². The number of nitrogens with one attached hydrogen (secondary N) is 2. The van der Waals surface area contributed by atoms with Crippen LogP contribution in [0, 0.1) is 0 Å². The van der Waals surface area contributed by atoms with Crippen LogP contribution >= 0.6 is 0 Å². The lowest BCUT2D eigenvalue weighted by Crippen LogP contribution is -2.52. The van der Waals surface area contributed by atoms with E-state index in [-0.39, 0.29) is 18.7 Å². The first kappa shape index (κ1) is 15.6. The van der Waals surface area contributed by atoms with Crippen molar-refractivity contribution in [1.82, 2.24) is 15.5 Å². The molecular weight excluding hydrogens is 254 g/mol. The Hall–Kier alpha value is -0.810. The van der Waals surface area contributed by atoms with Crippen molar-refractivity contribution in [3.05, 3.63) is 0 Å². The molecule has 2 rings (SSSR count). The number of hydrogen-bond acceptors (Lipinski definition) is 3. The van der Waals surface area contributed by atoms with Gasteiger partial charge in [0.1, 0.15) is 0 Å². The molecule has 1 unspecified atom stereocenters. The zero-order valence-corrected chi connectivity index (χ0v) is 12.6. The van der Waals surface area contributed by atoms with Gasteiger partial charge >= 0.3 is 6.03 Å². The summed E-state index contributed by atoms with van der Waals surface area (Å²) in [6, 6.07) is 1.07. The minimum atomic E-state index is 0.116. The summed E-state index contributed by atoms with van der Waals surface area (Å²) < 4.78 is 0. The van der Waals surface area contributed by atoms with Gasteiger partial charge in [-0.25, -0.2) is 4.79 Å². The lowest BCUT2D eigenvalue weighted by Gasteiger charge is -2.35. The number of likely N-dealkylation sites (tertiary alicyclic amines) is 1. The average molecular weight is 283 g/mol. The van der Waals surface area contributed by atoms with Crippen molar-refractivity contribution in [2.45, 2.75) is 70.0 Å². The number of amides is 2. The molecule has 1 atom stereocenters. The maximum atomic E-state index is 12.2. The molecule has 1 aliphatic carbocycles. The fourth-order valence-corrected chi connectivity index (χ4v) is 3.22. The van der Waals surface area contributed by atoms with Crippen molar-refractivity contribution in [2.75, 3.05) is 19.7 Å². The van der Waals surface area contributed by atoms with Crippen LogP contribution in [0.25, 0.3) is 0 Å². The second kappa shape index (κ2) is 7.84. The highest BCUT2D eigenvalue weighted by Gasteiger charge is 2.25. The minimum Gasteiger partial charge on any atom is -0.395 e. The fourth-order valence-electron chi connectivity index (χ4n) is 3.22. The molecule has 20 heavy (non-hydrogen) atoms. The Kier molecular flexibility index (Phi) is 6.10. The Morgan fingerprint density at radius 3 is 2.40 bits per heavy atom. The maximum Gasteiger partial charge on any atom is 0.317 e. The van der Waals surface area contributed by atoms with Crippen LogP contribution in [0.2, 0.25) is 0 Å². The van der Waals surface area contributed by atoms with E-state index in [9.17, 15) is 4.79 Å². The molecule has 0 bridgehead atoms. The first-order valence-corrected chi connectivity index (χ1v) is 8.11. The zero-order valence-electron chi connectivity index (χ0n) is 12.6. The summed E-state index contributed by atoms with van der Waals surface area (Å²) in [6.45, 7) is 3.78. The summed E-state index contributed by atoms with van der Waals surface area (Å²) in [5.41, 5.74) is 0. The summed E-state index contributed by atoms with van der Waals surface area (Å²) in [4.78, 5) is 14.1. The number of nitrogens with zero attached hydrogens (tertiary/aromatic N) is 1. The smallest absolute Gasteiger partial charge is 0.317 e. The van der Waals surface area contributed by atoms with Crippen LogP contribution in [0.15, 0.2) is 0 Å². The van der Waals surface area contributed by atoms with Crippen LogP contribution in [0.4, 0.5) is 4.79 Å². The van der Waals surface area contributed by atoms with Crippen molar-refractivity contribution < 1.29 is 9.90 Å². The highest BCUT2D eigenvalue weighted by atomic mass is 16.3. The van der Waals surface area contributed by atoms with Crippen LogP contribution < -0.4 is 10.6 Å². The molecule has 1 aliphatic heterocycles. The third-order valence-electron chi connectivity index (χ3n) is 4.51. The predicted octanol–water partition coefficient (Wildman–Crippen LogP) is 1.46. The Morgan fingerprint density at radius 2 is 1.80 bits per heavy atom. The molecular formula is C15H29N3O2. The molecule has 5 heteroatoms. The first-order valence-electron chi connectivity index (χ1n) is 8.11. The Labute approximate surface area is 122 Å². The van der Waals surface area contributed by atoms with E-state index in [1.165, 1.54) is 19.3 Å². The lowest BCUT2D eigenvalue weighted by atomic mass is 9.95. The van der Waals surface area contributed by atoms with Crippen LogP contribution in [-0.4, -0.2) is 53.9 Å². The SMILES string of the molecule is CC(CO)NC1CCN(C(=O)NC2CCCCC2)CC1. The number of urea groups is 1. The number of carbonyl (C=O) groups excluding carboxylic acids is 1. The summed E-state index contributed by atoms with van der Waals surface area (Å²) in [5, 5.41) is 15.6. The molecule has 3 N–H and O–H groups in total. The quantitative estimate of drug-likeness (QED) is 0.732. The van der Waals surface area contributed by atoms with Gasteiger partial charge in [0.2, 0.25) is 0 Å². The number of aliphatic hydroxyl groups is 1. The number of rotatable bonds is 4. The number of carbonyl (C=O) groups is 1. The number of hydrogen-bond donors (Lipinski definition) is 3. The van der Waals surface area contributed by atoms with Gasteiger partial charge in [-0.1, -0.05) is 19.3 Å². The third-order valence-corrected chi connectivity index (χ3v) is 4.51. The Balaban J connectivity index is 1.68. The molecule has 1 saturated carbocycles. The van der Waals surface area contributed by atoms with Gasteiger partial charge in [0, 0.05) is 31.2 Å². The summed E-state index contributed by atoms with van der Waals surface area (Å²) in [6.07, 6.45) is 8.03. The zero-order chi connectivity index (χ0) is 14.4. The normalized spacial score (nSPS) is 23.6. The van der Waals surface area contributed by atoms with Gasteiger partial charge in [0.15, 0.2) is 0 Å². The van der Waals surface area contributed by atoms with E-state index >= 15 is 0 Å². The van der Waals surface area contributed by atoms with Crippen molar-refractivity contribution in [1.29, 1.82) is 0 Å². The van der Waals surface area contributed by atoms with E-state index in [1.807, 2.05) is 11.8 Å². The molecule has 5 nitrogen and oxygen atoms in total. The molecule has 0 aromatic rings. The van der Waals surface area contributed by atoms with Gasteiger partial charge in [-0.05, 0) is 32.6 Å². The fraction of sp³-hybridized carbons (Fsp3) is 0.933. The Morgan fingerprint density at radius 1 is 1.15 bits per heavy atom. The monoisotopic (exact) mass is 283 g/mol. The molecule has 2 amide bonds. The molecule has 0 radical (unpaired) electrons. The summed E-state index contributed by atoms with van der Waals surface area (Å²) >= 11 is 0. The minimum absolute atomic E-state index is 0.116. The molecule has 2 fully saturated rings. The number of piperidine rings is 1. The van der Waals surface area contributed by atoms with Crippen LogP contribution in [0.1, 0.15) is 51.9 Å². The topological polar surface area (TPSA) is 64.6 Å². The molecule has 0 aromatic carbocycles. The third kappa shape index (κ3) is 4.63. The highest BCUT2D eigenvalue weighted by molar-refractivity contribution is 5.74. The van der Waals surface area contributed by atoms with Gasteiger partial charge in [-0.2, -0.15) is 0 Å².